The summed E-state index contributed by atoms with van der Waals surface area (Å²) in [4.78, 5) is 20.8. The molecule has 1 rings (SSSR count). The first kappa shape index (κ1) is 13.5. The molecular weight excluding hydrogens is 260 g/mol. The van der Waals surface area contributed by atoms with Crippen LogP contribution in [0.3, 0.4) is 0 Å². The fourth-order valence-corrected chi connectivity index (χ4v) is 1.17. The quantitative estimate of drug-likeness (QED) is 0.313. The minimum atomic E-state index is -1.30. The SMILES string of the molecule is NC(=S)NN=Cc1ccc([N+](=O)[O-])cc1C(=O)O. The zero-order chi connectivity index (χ0) is 13.7. The highest BCUT2D eigenvalue weighted by Crippen LogP contribution is 2.16. The van der Waals surface area contributed by atoms with E-state index in [-0.39, 0.29) is 21.9 Å². The molecule has 0 aliphatic rings. The molecule has 0 atom stereocenters. The van der Waals surface area contributed by atoms with Crippen LogP contribution in [0, 0.1) is 10.1 Å². The van der Waals surface area contributed by atoms with Crippen molar-refractivity contribution in [2.75, 3.05) is 0 Å². The molecule has 0 spiro atoms. The van der Waals surface area contributed by atoms with Crippen LogP contribution in [0.1, 0.15) is 15.9 Å². The number of non-ortho nitro benzene ring substituents is 1. The Morgan fingerprint density at radius 3 is 2.78 bits per heavy atom. The average Bonchev–Trinajstić information content (AvgIpc) is 2.28. The highest BCUT2D eigenvalue weighted by Gasteiger charge is 2.14. The monoisotopic (exact) mass is 268 g/mol. The van der Waals surface area contributed by atoms with Gasteiger partial charge in [-0.25, -0.2) is 4.79 Å². The first-order valence-corrected chi connectivity index (χ1v) is 4.93. The molecule has 8 nitrogen and oxygen atoms in total. The molecule has 1 aromatic rings. The molecule has 0 heterocycles. The number of nitrogens with two attached hydrogens (primary N) is 1. The maximum Gasteiger partial charge on any atom is 0.336 e. The predicted octanol–water partition coefficient (Wildman–Crippen LogP) is 0.460. The van der Waals surface area contributed by atoms with Gasteiger partial charge in [0.15, 0.2) is 5.11 Å². The Bertz CT molecular complexity index is 543. The molecule has 0 aliphatic carbocycles. The maximum absolute atomic E-state index is 10.9. The number of hydrogen-bond donors (Lipinski definition) is 3. The van der Waals surface area contributed by atoms with Crippen LogP contribution < -0.4 is 11.2 Å². The molecule has 0 aliphatic heterocycles. The smallest absolute Gasteiger partial charge is 0.336 e. The lowest BCUT2D eigenvalue weighted by molar-refractivity contribution is -0.384. The van der Waals surface area contributed by atoms with Gasteiger partial charge in [0.2, 0.25) is 0 Å². The molecule has 4 N–H and O–H groups in total. The molecule has 0 saturated carbocycles. The van der Waals surface area contributed by atoms with Crippen LogP contribution in [-0.4, -0.2) is 27.3 Å². The zero-order valence-corrected chi connectivity index (χ0v) is 9.68. The number of nitrogens with zero attached hydrogens (tertiary/aromatic N) is 2. The van der Waals surface area contributed by atoms with Gasteiger partial charge in [0.25, 0.3) is 5.69 Å². The summed E-state index contributed by atoms with van der Waals surface area (Å²) < 4.78 is 0. The van der Waals surface area contributed by atoms with E-state index in [9.17, 15) is 14.9 Å². The van der Waals surface area contributed by atoms with Crippen molar-refractivity contribution in [3.8, 4) is 0 Å². The van der Waals surface area contributed by atoms with Crippen LogP contribution in [0.25, 0.3) is 0 Å². The maximum atomic E-state index is 10.9. The molecule has 0 radical (unpaired) electrons. The summed E-state index contributed by atoms with van der Waals surface area (Å²) in [5.41, 5.74) is 7.01. The van der Waals surface area contributed by atoms with Gasteiger partial charge in [-0.15, -0.1) is 0 Å². The van der Waals surface area contributed by atoms with Crippen molar-refractivity contribution in [1.82, 2.24) is 5.43 Å². The van der Waals surface area contributed by atoms with Gasteiger partial charge >= 0.3 is 5.97 Å². The molecule has 0 saturated heterocycles. The van der Waals surface area contributed by atoms with Gasteiger partial charge in [0.05, 0.1) is 16.7 Å². The molecule has 0 unspecified atom stereocenters. The van der Waals surface area contributed by atoms with Crippen molar-refractivity contribution in [3.63, 3.8) is 0 Å². The van der Waals surface area contributed by atoms with Crippen LogP contribution in [0.15, 0.2) is 23.3 Å². The summed E-state index contributed by atoms with van der Waals surface area (Å²) in [6.07, 6.45) is 1.16. The largest absolute Gasteiger partial charge is 0.478 e. The van der Waals surface area contributed by atoms with E-state index in [1.807, 2.05) is 0 Å². The first-order chi connectivity index (χ1) is 8.41. The van der Waals surface area contributed by atoms with Gasteiger partial charge < -0.3 is 10.8 Å². The minimum Gasteiger partial charge on any atom is -0.478 e. The van der Waals surface area contributed by atoms with Crippen LogP contribution in [0.4, 0.5) is 5.69 Å². The number of carbonyl (C=O) groups is 1. The fraction of sp³-hybridized carbons (Fsp3) is 0. The van der Waals surface area contributed by atoms with E-state index in [0.717, 1.165) is 12.3 Å². The van der Waals surface area contributed by atoms with E-state index >= 15 is 0 Å². The van der Waals surface area contributed by atoms with Gasteiger partial charge in [-0.2, -0.15) is 5.10 Å². The van der Waals surface area contributed by atoms with Crippen molar-refractivity contribution < 1.29 is 14.8 Å². The fourth-order valence-electron chi connectivity index (χ4n) is 1.12. The average molecular weight is 268 g/mol. The van der Waals surface area contributed by atoms with Gasteiger partial charge in [-0.3, -0.25) is 15.5 Å². The van der Waals surface area contributed by atoms with E-state index in [0.29, 0.717) is 0 Å². The topological polar surface area (TPSA) is 131 Å². The van der Waals surface area contributed by atoms with E-state index in [4.69, 9.17) is 10.8 Å². The Labute approximate surface area is 106 Å². The summed E-state index contributed by atoms with van der Waals surface area (Å²) in [5, 5.41) is 23.0. The Morgan fingerprint density at radius 2 is 2.28 bits per heavy atom. The number of aromatic carboxylic acids is 1. The molecule has 1 aromatic carbocycles. The Hall–Kier alpha value is -2.55. The number of thiocarbonyl (C=S) groups is 1. The lowest BCUT2D eigenvalue weighted by Gasteiger charge is -2.01. The third-order valence-electron chi connectivity index (χ3n) is 1.86. The highest BCUT2D eigenvalue weighted by atomic mass is 32.1. The highest BCUT2D eigenvalue weighted by molar-refractivity contribution is 7.80. The second-order valence-corrected chi connectivity index (χ2v) is 3.51. The van der Waals surface area contributed by atoms with E-state index in [1.54, 1.807) is 0 Å². The number of benzene rings is 1. The second-order valence-electron chi connectivity index (χ2n) is 3.07. The van der Waals surface area contributed by atoms with E-state index in [1.165, 1.54) is 12.1 Å². The summed E-state index contributed by atoms with van der Waals surface area (Å²) in [7, 11) is 0. The number of hydrogen-bond acceptors (Lipinski definition) is 5. The molecule has 18 heavy (non-hydrogen) atoms. The zero-order valence-electron chi connectivity index (χ0n) is 8.86. The standard InChI is InChI=1S/C9H8N4O4S/c10-9(18)12-11-4-5-1-2-6(13(16)17)3-7(5)8(14)15/h1-4H,(H,14,15)(H3,10,12,18). The summed E-state index contributed by atoms with van der Waals surface area (Å²) in [6, 6.07) is 3.39. The minimum absolute atomic E-state index is 0.0787. The van der Waals surface area contributed by atoms with Gasteiger partial charge in [0.1, 0.15) is 0 Å². The van der Waals surface area contributed by atoms with Crippen LogP contribution >= 0.6 is 12.2 Å². The number of carboxylic acids is 1. The summed E-state index contributed by atoms with van der Waals surface area (Å²) >= 11 is 4.50. The third-order valence-corrected chi connectivity index (χ3v) is 1.95. The second kappa shape index (κ2) is 5.68. The molecule has 9 heteroatoms. The van der Waals surface area contributed by atoms with Crippen molar-refractivity contribution >= 4 is 35.2 Å². The number of rotatable bonds is 4. The van der Waals surface area contributed by atoms with Crippen molar-refractivity contribution in [2.24, 2.45) is 10.8 Å². The van der Waals surface area contributed by atoms with E-state index in [2.05, 4.69) is 22.7 Å². The Balaban J connectivity index is 3.12. The predicted molar refractivity (Wildman–Crippen MR) is 67.6 cm³/mol. The third kappa shape index (κ3) is 3.49. The summed E-state index contributed by atoms with van der Waals surface area (Å²) in [6.45, 7) is 0. The normalized spacial score (nSPS) is 10.2. The first-order valence-electron chi connectivity index (χ1n) is 4.52. The van der Waals surface area contributed by atoms with Gasteiger partial charge in [0, 0.05) is 17.7 Å². The molecule has 0 aromatic heterocycles. The number of nitrogens with one attached hydrogen (secondary N) is 1. The van der Waals surface area contributed by atoms with Crippen molar-refractivity contribution in [1.29, 1.82) is 0 Å². The van der Waals surface area contributed by atoms with Crippen molar-refractivity contribution in [2.45, 2.75) is 0 Å². The number of hydrazone groups is 1. The number of nitro benzene ring substituents is 1. The van der Waals surface area contributed by atoms with Crippen molar-refractivity contribution in [3.05, 3.63) is 39.4 Å². The van der Waals surface area contributed by atoms with Gasteiger partial charge in [-0.05, 0) is 18.3 Å². The number of nitro groups is 1. The molecule has 0 fully saturated rings. The van der Waals surface area contributed by atoms with E-state index < -0.39 is 10.9 Å². The molecular formula is C9H8N4O4S. The molecule has 0 amide bonds. The lowest BCUT2D eigenvalue weighted by atomic mass is 10.1. The lowest BCUT2D eigenvalue weighted by Crippen LogP contribution is -2.24. The van der Waals surface area contributed by atoms with Crippen LogP contribution in [-0.2, 0) is 0 Å². The van der Waals surface area contributed by atoms with Gasteiger partial charge in [-0.1, -0.05) is 0 Å². The van der Waals surface area contributed by atoms with Crippen LogP contribution in [0.2, 0.25) is 0 Å². The Morgan fingerprint density at radius 1 is 1.61 bits per heavy atom. The Kier molecular flexibility index (Phi) is 4.27. The molecule has 94 valence electrons. The number of carboxylic acid groups (broad SMARTS) is 1. The summed E-state index contributed by atoms with van der Waals surface area (Å²) in [5.74, 6) is -1.30. The molecule has 0 bridgehead atoms. The van der Waals surface area contributed by atoms with Crippen LogP contribution in [0.5, 0.6) is 0 Å².